The van der Waals surface area contributed by atoms with Gasteiger partial charge in [0.2, 0.25) is 0 Å². The van der Waals surface area contributed by atoms with Crippen LogP contribution in [-0.2, 0) is 6.42 Å². The summed E-state index contributed by atoms with van der Waals surface area (Å²) in [4.78, 5) is 0. The third kappa shape index (κ3) is 2.59. The number of methoxy groups -OCH3 is 2. The fourth-order valence-corrected chi connectivity index (χ4v) is 2.09. The lowest BCUT2D eigenvalue weighted by atomic mass is 10.1. The van der Waals surface area contributed by atoms with Crippen molar-refractivity contribution in [2.45, 2.75) is 12.8 Å². The average molecular weight is 290 g/mol. The summed E-state index contributed by atoms with van der Waals surface area (Å²) in [6.45, 7) is 0.589. The smallest absolute Gasteiger partial charge is 0.178 e. The SMILES string of the molecule is COc1cc(CCCN)c(O)c(Br)c1OC. The summed E-state index contributed by atoms with van der Waals surface area (Å²) in [6, 6.07) is 1.77. The second-order valence-corrected chi connectivity index (χ2v) is 4.12. The van der Waals surface area contributed by atoms with Crippen LogP contribution in [0.3, 0.4) is 0 Å². The second kappa shape index (κ2) is 5.96. The summed E-state index contributed by atoms with van der Waals surface area (Å²) in [5.41, 5.74) is 6.24. The Bertz CT molecular complexity index is 369. The maximum atomic E-state index is 9.93. The molecule has 0 bridgehead atoms. The minimum atomic E-state index is 0.186. The molecule has 1 aromatic carbocycles. The second-order valence-electron chi connectivity index (χ2n) is 3.33. The first-order valence-corrected chi connectivity index (χ1v) is 5.77. The van der Waals surface area contributed by atoms with Crippen molar-refractivity contribution in [3.8, 4) is 17.2 Å². The minimum Gasteiger partial charge on any atom is -0.506 e. The number of halogens is 1. The lowest BCUT2D eigenvalue weighted by Crippen LogP contribution is -2.01. The number of ether oxygens (including phenoxy) is 2. The van der Waals surface area contributed by atoms with Gasteiger partial charge < -0.3 is 20.3 Å². The molecule has 5 heteroatoms. The Balaban J connectivity index is 3.16. The largest absolute Gasteiger partial charge is 0.506 e. The molecule has 1 aromatic rings. The van der Waals surface area contributed by atoms with E-state index in [2.05, 4.69) is 15.9 Å². The molecule has 1 rings (SSSR count). The van der Waals surface area contributed by atoms with Crippen LogP contribution in [0.5, 0.6) is 17.2 Å². The molecule has 0 saturated carbocycles. The molecule has 0 aliphatic rings. The zero-order chi connectivity index (χ0) is 12.1. The molecule has 16 heavy (non-hydrogen) atoms. The Labute approximate surface area is 103 Å². The number of benzene rings is 1. The minimum absolute atomic E-state index is 0.186. The van der Waals surface area contributed by atoms with Crippen LogP contribution in [0.1, 0.15) is 12.0 Å². The van der Waals surface area contributed by atoms with Gasteiger partial charge >= 0.3 is 0 Å². The maximum absolute atomic E-state index is 9.93. The van der Waals surface area contributed by atoms with Crippen LogP contribution >= 0.6 is 15.9 Å². The van der Waals surface area contributed by atoms with Crippen molar-refractivity contribution < 1.29 is 14.6 Å². The third-order valence-corrected chi connectivity index (χ3v) is 3.05. The van der Waals surface area contributed by atoms with E-state index in [9.17, 15) is 5.11 Å². The number of nitrogens with two attached hydrogens (primary N) is 1. The molecule has 0 heterocycles. The van der Waals surface area contributed by atoms with Crippen molar-refractivity contribution in [1.82, 2.24) is 0 Å². The molecule has 0 atom stereocenters. The molecule has 0 fully saturated rings. The van der Waals surface area contributed by atoms with Crippen LogP contribution in [0, 0.1) is 0 Å². The molecule has 0 radical (unpaired) electrons. The summed E-state index contributed by atoms with van der Waals surface area (Å²) in [5.74, 6) is 1.28. The topological polar surface area (TPSA) is 64.7 Å². The highest BCUT2D eigenvalue weighted by atomic mass is 79.9. The van der Waals surface area contributed by atoms with Crippen LogP contribution in [0.15, 0.2) is 10.5 Å². The van der Waals surface area contributed by atoms with E-state index in [1.165, 1.54) is 7.11 Å². The zero-order valence-corrected chi connectivity index (χ0v) is 11.0. The number of hydrogen-bond acceptors (Lipinski definition) is 4. The van der Waals surface area contributed by atoms with Gasteiger partial charge in [-0.25, -0.2) is 0 Å². The van der Waals surface area contributed by atoms with Crippen molar-refractivity contribution in [2.24, 2.45) is 5.73 Å². The summed E-state index contributed by atoms with van der Waals surface area (Å²) >= 11 is 3.29. The quantitative estimate of drug-likeness (QED) is 0.871. The van der Waals surface area contributed by atoms with Gasteiger partial charge in [0.15, 0.2) is 11.5 Å². The van der Waals surface area contributed by atoms with E-state index in [-0.39, 0.29) is 5.75 Å². The molecule has 0 amide bonds. The van der Waals surface area contributed by atoms with E-state index in [1.54, 1.807) is 13.2 Å². The highest BCUT2D eigenvalue weighted by molar-refractivity contribution is 9.10. The van der Waals surface area contributed by atoms with Crippen LogP contribution in [0.4, 0.5) is 0 Å². The van der Waals surface area contributed by atoms with Gasteiger partial charge in [-0.05, 0) is 46.9 Å². The third-order valence-electron chi connectivity index (χ3n) is 2.31. The van der Waals surface area contributed by atoms with Crippen molar-refractivity contribution in [3.05, 3.63) is 16.1 Å². The summed E-state index contributed by atoms with van der Waals surface area (Å²) in [7, 11) is 3.09. The van der Waals surface area contributed by atoms with Gasteiger partial charge in [-0.3, -0.25) is 0 Å². The number of aromatic hydroxyl groups is 1. The van der Waals surface area contributed by atoms with Crippen LogP contribution < -0.4 is 15.2 Å². The molecule has 90 valence electrons. The molecule has 3 N–H and O–H groups in total. The number of aryl methyl sites for hydroxylation is 1. The first kappa shape index (κ1) is 13.1. The predicted octanol–water partition coefficient (Wildman–Crippen LogP) is 2.06. The number of rotatable bonds is 5. The van der Waals surface area contributed by atoms with E-state index >= 15 is 0 Å². The Kier molecular flexibility index (Phi) is 4.89. The predicted molar refractivity (Wildman–Crippen MR) is 66.3 cm³/mol. The molecule has 0 saturated heterocycles. The monoisotopic (exact) mass is 289 g/mol. The fraction of sp³-hybridized carbons (Fsp3) is 0.455. The van der Waals surface area contributed by atoms with Crippen molar-refractivity contribution in [3.63, 3.8) is 0 Å². The molecule has 0 spiro atoms. The molecule has 4 nitrogen and oxygen atoms in total. The van der Waals surface area contributed by atoms with Gasteiger partial charge in [0.05, 0.1) is 14.2 Å². The molecule has 0 aliphatic carbocycles. The van der Waals surface area contributed by atoms with E-state index in [0.717, 1.165) is 12.0 Å². The summed E-state index contributed by atoms with van der Waals surface area (Å²) in [6.07, 6.45) is 1.52. The van der Waals surface area contributed by atoms with Crippen molar-refractivity contribution in [1.29, 1.82) is 0 Å². The Morgan fingerprint density at radius 3 is 2.56 bits per heavy atom. The van der Waals surface area contributed by atoms with Gasteiger partial charge in [-0.1, -0.05) is 0 Å². The van der Waals surface area contributed by atoms with Crippen molar-refractivity contribution in [2.75, 3.05) is 20.8 Å². The first-order chi connectivity index (χ1) is 7.65. The molecular weight excluding hydrogens is 274 g/mol. The summed E-state index contributed by atoms with van der Waals surface area (Å²) < 4.78 is 10.9. The lowest BCUT2D eigenvalue weighted by molar-refractivity contribution is 0.347. The Morgan fingerprint density at radius 1 is 1.38 bits per heavy atom. The van der Waals surface area contributed by atoms with E-state index in [0.29, 0.717) is 28.9 Å². The number of phenols is 1. The maximum Gasteiger partial charge on any atom is 0.178 e. The molecule has 0 aromatic heterocycles. The van der Waals surface area contributed by atoms with Crippen LogP contribution in [0.2, 0.25) is 0 Å². The van der Waals surface area contributed by atoms with E-state index in [4.69, 9.17) is 15.2 Å². The van der Waals surface area contributed by atoms with Gasteiger partial charge in [-0.2, -0.15) is 0 Å². The molecular formula is C11H16BrNO3. The van der Waals surface area contributed by atoms with Gasteiger partial charge in [0.1, 0.15) is 10.2 Å². The Hall–Kier alpha value is -0.940. The van der Waals surface area contributed by atoms with Crippen LogP contribution in [-0.4, -0.2) is 25.9 Å². The first-order valence-electron chi connectivity index (χ1n) is 4.98. The standard InChI is InChI=1S/C11H16BrNO3/c1-15-8-6-7(4-3-5-13)10(14)9(12)11(8)16-2/h6,14H,3-5,13H2,1-2H3. The highest BCUT2D eigenvalue weighted by Gasteiger charge is 2.16. The average Bonchev–Trinajstić information content (AvgIpc) is 2.30. The highest BCUT2D eigenvalue weighted by Crippen LogP contribution is 2.43. The van der Waals surface area contributed by atoms with Gasteiger partial charge in [0.25, 0.3) is 0 Å². The normalized spacial score (nSPS) is 10.2. The summed E-state index contributed by atoms with van der Waals surface area (Å²) in [5, 5.41) is 9.93. The molecule has 0 aliphatic heterocycles. The number of phenolic OH excluding ortho intramolecular Hbond substituents is 1. The van der Waals surface area contributed by atoms with Crippen LogP contribution in [0.25, 0.3) is 0 Å². The van der Waals surface area contributed by atoms with Gasteiger partial charge in [-0.15, -0.1) is 0 Å². The zero-order valence-electron chi connectivity index (χ0n) is 9.42. The van der Waals surface area contributed by atoms with E-state index in [1.807, 2.05) is 0 Å². The van der Waals surface area contributed by atoms with E-state index < -0.39 is 0 Å². The van der Waals surface area contributed by atoms with Gasteiger partial charge in [0, 0.05) is 0 Å². The molecule has 0 unspecified atom stereocenters. The van der Waals surface area contributed by atoms with Crippen molar-refractivity contribution >= 4 is 15.9 Å². The Morgan fingerprint density at radius 2 is 2.06 bits per heavy atom. The number of hydrogen-bond donors (Lipinski definition) is 2. The lowest BCUT2D eigenvalue weighted by Gasteiger charge is -2.14. The fourth-order valence-electron chi connectivity index (χ4n) is 1.47.